The number of hydrazine groups is 1. The summed E-state index contributed by atoms with van der Waals surface area (Å²) in [5.74, 6) is -0.179. The fraction of sp³-hybridized carbons (Fsp3) is 0.500. The second-order valence-electron chi connectivity index (χ2n) is 5.35. The summed E-state index contributed by atoms with van der Waals surface area (Å²) in [6.07, 6.45) is -1.38. The summed E-state index contributed by atoms with van der Waals surface area (Å²) < 4.78 is 36.2. The summed E-state index contributed by atoms with van der Waals surface area (Å²) >= 11 is 1.79. The number of unbranched alkanes of at least 4 members (excludes halogenated alkanes) is 2. The predicted octanol–water partition coefficient (Wildman–Crippen LogP) is 3.74. The van der Waals surface area contributed by atoms with Crippen LogP contribution >= 0.6 is 11.8 Å². The zero-order chi connectivity index (χ0) is 19.4. The van der Waals surface area contributed by atoms with Crippen molar-refractivity contribution in [2.45, 2.75) is 32.4 Å². The zero-order valence-corrected chi connectivity index (χ0v) is 15.2. The zero-order valence-electron chi connectivity index (χ0n) is 14.4. The van der Waals surface area contributed by atoms with Crippen LogP contribution in [0.3, 0.4) is 0 Å². The average molecular weight is 392 g/mol. The monoisotopic (exact) mass is 392 g/mol. The number of carbonyl (C=O) groups is 2. The van der Waals surface area contributed by atoms with E-state index in [0.717, 1.165) is 11.5 Å². The second-order valence-corrected chi connectivity index (χ2v) is 6.58. The molecule has 3 amide bonds. The Bertz CT molecular complexity index is 568. The first-order valence-corrected chi connectivity index (χ1v) is 9.34. The number of nitrogens with one attached hydrogen (secondary N) is 4. The van der Waals surface area contributed by atoms with Crippen LogP contribution in [0, 0.1) is 0 Å². The first-order valence-electron chi connectivity index (χ1n) is 8.18. The van der Waals surface area contributed by atoms with Crippen LogP contribution in [0.25, 0.3) is 0 Å². The van der Waals surface area contributed by atoms with E-state index in [1.165, 1.54) is 49.0 Å². The van der Waals surface area contributed by atoms with Crippen molar-refractivity contribution in [2.24, 2.45) is 0 Å². The Labute approximate surface area is 154 Å². The van der Waals surface area contributed by atoms with Gasteiger partial charge >= 0.3 is 18.1 Å². The van der Waals surface area contributed by atoms with Crippen LogP contribution in [0.1, 0.15) is 26.2 Å². The molecule has 0 fully saturated rings. The molecule has 0 saturated carbocycles. The van der Waals surface area contributed by atoms with E-state index >= 15 is 0 Å². The minimum Gasteiger partial charge on any atom is -0.337 e. The molecule has 0 spiro atoms. The summed E-state index contributed by atoms with van der Waals surface area (Å²) in [4.78, 5) is 22.4. The SMILES string of the molecule is CCCCCSCCNC(=O)Nc1ccc(NNC(=O)C(F)(F)F)cc1. The Kier molecular flexibility index (Phi) is 9.71. The smallest absolute Gasteiger partial charge is 0.337 e. The van der Waals surface area contributed by atoms with Gasteiger partial charge < -0.3 is 10.6 Å². The number of carbonyl (C=O) groups excluding carboxylic acids is 2. The molecule has 4 N–H and O–H groups in total. The van der Waals surface area contributed by atoms with Crippen LogP contribution in [0.15, 0.2) is 24.3 Å². The molecule has 26 heavy (non-hydrogen) atoms. The predicted molar refractivity (Wildman–Crippen MR) is 98.1 cm³/mol. The maximum absolute atomic E-state index is 12.1. The van der Waals surface area contributed by atoms with Gasteiger partial charge in [0.15, 0.2) is 0 Å². The molecule has 0 saturated heterocycles. The molecule has 0 aliphatic rings. The molecule has 1 aromatic carbocycles. The van der Waals surface area contributed by atoms with Gasteiger partial charge in [0.05, 0.1) is 5.69 Å². The van der Waals surface area contributed by atoms with Crippen molar-refractivity contribution in [1.29, 1.82) is 0 Å². The van der Waals surface area contributed by atoms with Gasteiger partial charge in [-0.15, -0.1) is 0 Å². The standard InChI is InChI=1S/C16H23F3N4O2S/c1-2-3-4-10-26-11-9-20-15(25)21-12-5-7-13(8-6-12)22-23-14(24)16(17,18)19/h5-8,22H,2-4,9-11H2,1H3,(H,23,24)(H2,20,21,25). The van der Waals surface area contributed by atoms with E-state index in [2.05, 4.69) is 23.0 Å². The van der Waals surface area contributed by atoms with Gasteiger partial charge in [-0.25, -0.2) is 4.79 Å². The van der Waals surface area contributed by atoms with Gasteiger partial charge in [0.25, 0.3) is 0 Å². The Morgan fingerprint density at radius 3 is 2.31 bits per heavy atom. The third-order valence-electron chi connectivity index (χ3n) is 3.14. The molecule has 10 heteroatoms. The van der Waals surface area contributed by atoms with Gasteiger partial charge in [-0.3, -0.25) is 15.6 Å². The molecule has 6 nitrogen and oxygen atoms in total. The summed E-state index contributed by atoms with van der Waals surface area (Å²) in [5, 5.41) is 5.34. The minimum atomic E-state index is -4.96. The van der Waals surface area contributed by atoms with Gasteiger partial charge in [-0.05, 0) is 36.4 Å². The van der Waals surface area contributed by atoms with Crippen molar-refractivity contribution < 1.29 is 22.8 Å². The Morgan fingerprint density at radius 1 is 1.04 bits per heavy atom. The molecular weight excluding hydrogens is 369 g/mol. The third-order valence-corrected chi connectivity index (χ3v) is 4.21. The van der Waals surface area contributed by atoms with Crippen LogP contribution in [-0.4, -0.2) is 36.2 Å². The van der Waals surface area contributed by atoms with E-state index in [1.54, 1.807) is 11.8 Å². The van der Waals surface area contributed by atoms with Crippen molar-refractivity contribution in [3.05, 3.63) is 24.3 Å². The highest BCUT2D eigenvalue weighted by molar-refractivity contribution is 7.99. The number of hydrogen-bond donors (Lipinski definition) is 4. The molecule has 0 bridgehead atoms. The maximum atomic E-state index is 12.1. The minimum absolute atomic E-state index is 0.247. The number of hydrogen-bond acceptors (Lipinski definition) is 4. The first kappa shape index (κ1) is 21.9. The van der Waals surface area contributed by atoms with E-state index in [-0.39, 0.29) is 11.7 Å². The van der Waals surface area contributed by atoms with Crippen LogP contribution in [0.2, 0.25) is 0 Å². The van der Waals surface area contributed by atoms with E-state index in [9.17, 15) is 22.8 Å². The number of thioether (sulfide) groups is 1. The Hall–Kier alpha value is -2.10. The normalized spacial score (nSPS) is 10.9. The van der Waals surface area contributed by atoms with E-state index in [4.69, 9.17) is 0 Å². The lowest BCUT2D eigenvalue weighted by Crippen LogP contribution is -2.40. The van der Waals surface area contributed by atoms with Gasteiger partial charge in [0, 0.05) is 18.0 Å². The van der Waals surface area contributed by atoms with Gasteiger partial charge in [0.2, 0.25) is 0 Å². The quantitative estimate of drug-likeness (QED) is 0.361. The van der Waals surface area contributed by atoms with Gasteiger partial charge in [0.1, 0.15) is 0 Å². The number of anilines is 2. The molecule has 0 heterocycles. The highest BCUT2D eigenvalue weighted by Gasteiger charge is 2.38. The van der Waals surface area contributed by atoms with Crippen molar-refractivity contribution >= 4 is 35.1 Å². The van der Waals surface area contributed by atoms with Crippen LogP contribution in [0.5, 0.6) is 0 Å². The van der Waals surface area contributed by atoms with Crippen molar-refractivity contribution in [2.75, 3.05) is 28.8 Å². The summed E-state index contributed by atoms with van der Waals surface area (Å²) in [6, 6.07) is 5.50. The first-order chi connectivity index (χ1) is 12.3. The molecule has 0 aromatic heterocycles. The number of benzene rings is 1. The fourth-order valence-corrected chi connectivity index (χ4v) is 2.66. The number of halogens is 3. The number of urea groups is 1. The maximum Gasteiger partial charge on any atom is 0.472 e. The molecule has 0 aliphatic heterocycles. The molecule has 0 unspecified atom stereocenters. The number of alkyl halides is 3. The van der Waals surface area contributed by atoms with E-state index in [0.29, 0.717) is 12.2 Å². The Morgan fingerprint density at radius 2 is 1.69 bits per heavy atom. The molecular formula is C16H23F3N4O2S. The molecule has 0 aliphatic carbocycles. The van der Waals surface area contributed by atoms with Crippen LogP contribution in [-0.2, 0) is 4.79 Å². The molecule has 146 valence electrons. The van der Waals surface area contributed by atoms with Crippen molar-refractivity contribution in [3.8, 4) is 0 Å². The lowest BCUT2D eigenvalue weighted by Gasteiger charge is -2.11. The average Bonchev–Trinajstić information content (AvgIpc) is 2.59. The fourth-order valence-electron chi connectivity index (χ4n) is 1.80. The molecule has 1 rings (SSSR count). The van der Waals surface area contributed by atoms with Gasteiger partial charge in [-0.1, -0.05) is 19.8 Å². The Balaban J connectivity index is 2.25. The van der Waals surface area contributed by atoms with E-state index in [1.807, 2.05) is 0 Å². The molecule has 0 radical (unpaired) electrons. The number of rotatable bonds is 10. The topological polar surface area (TPSA) is 82.3 Å². The van der Waals surface area contributed by atoms with Crippen molar-refractivity contribution in [1.82, 2.24) is 10.7 Å². The lowest BCUT2D eigenvalue weighted by molar-refractivity contribution is -0.173. The number of amides is 3. The lowest BCUT2D eigenvalue weighted by atomic mass is 10.3. The summed E-state index contributed by atoms with van der Waals surface area (Å²) in [7, 11) is 0. The highest BCUT2D eigenvalue weighted by atomic mass is 32.2. The molecule has 0 atom stereocenters. The summed E-state index contributed by atoms with van der Waals surface area (Å²) in [6.45, 7) is 2.70. The van der Waals surface area contributed by atoms with E-state index < -0.39 is 12.1 Å². The van der Waals surface area contributed by atoms with Crippen molar-refractivity contribution in [3.63, 3.8) is 0 Å². The van der Waals surface area contributed by atoms with Gasteiger partial charge in [-0.2, -0.15) is 24.9 Å². The molecule has 1 aromatic rings. The highest BCUT2D eigenvalue weighted by Crippen LogP contribution is 2.16. The third kappa shape index (κ3) is 9.40. The summed E-state index contributed by atoms with van der Waals surface area (Å²) in [5.41, 5.74) is 4.40. The second kappa shape index (κ2) is 11.5. The largest absolute Gasteiger partial charge is 0.472 e. The van der Waals surface area contributed by atoms with Crippen LogP contribution in [0.4, 0.5) is 29.3 Å². The van der Waals surface area contributed by atoms with Crippen LogP contribution < -0.4 is 21.5 Å².